The first-order valence-corrected chi connectivity index (χ1v) is 12.4. The first-order chi connectivity index (χ1) is 18.1. The monoisotopic (exact) mass is 545 g/mol. The van der Waals surface area contributed by atoms with Gasteiger partial charge in [0.1, 0.15) is 18.1 Å². The third kappa shape index (κ3) is 7.34. The van der Waals surface area contributed by atoms with Crippen LogP contribution >= 0.6 is 12.6 Å². The van der Waals surface area contributed by atoms with E-state index in [9.17, 15) is 29.4 Å². The maximum atomic E-state index is 13.3. The van der Waals surface area contributed by atoms with Crippen LogP contribution < -0.4 is 21.7 Å². The number of benzene rings is 1. The summed E-state index contributed by atoms with van der Waals surface area (Å²) in [6.45, 7) is 1.28. The molecule has 0 saturated carbocycles. The van der Waals surface area contributed by atoms with Crippen molar-refractivity contribution in [1.29, 1.82) is 0 Å². The van der Waals surface area contributed by atoms with Crippen molar-refractivity contribution >= 4 is 47.2 Å². The van der Waals surface area contributed by atoms with E-state index in [-0.39, 0.29) is 18.6 Å². The largest absolute Gasteiger partial charge is 0.480 e. The molecule has 0 spiro atoms. The van der Waals surface area contributed by atoms with E-state index in [1.807, 2.05) is 24.3 Å². The van der Waals surface area contributed by atoms with Crippen LogP contribution in [0.4, 0.5) is 0 Å². The highest BCUT2D eigenvalue weighted by Gasteiger charge is 2.33. The smallest absolute Gasteiger partial charge is 0.326 e. The van der Waals surface area contributed by atoms with E-state index in [2.05, 4.69) is 43.5 Å². The van der Waals surface area contributed by atoms with Gasteiger partial charge in [-0.05, 0) is 18.6 Å². The number of imidazole rings is 1. The Balaban J connectivity index is 1.79. The number of carbonyl (C=O) groups excluding carboxylic acids is 3. The van der Waals surface area contributed by atoms with Gasteiger partial charge >= 0.3 is 5.97 Å². The molecule has 3 rings (SSSR count). The van der Waals surface area contributed by atoms with E-state index in [1.54, 1.807) is 6.20 Å². The number of aromatic nitrogens is 3. The predicted octanol–water partition coefficient (Wildman–Crippen LogP) is -1.15. The van der Waals surface area contributed by atoms with Crippen LogP contribution in [-0.4, -0.2) is 84.9 Å². The van der Waals surface area contributed by atoms with Gasteiger partial charge in [0.15, 0.2) is 0 Å². The second-order valence-corrected chi connectivity index (χ2v) is 9.19. The van der Waals surface area contributed by atoms with Crippen molar-refractivity contribution in [1.82, 2.24) is 30.9 Å². The second kappa shape index (κ2) is 13.1. The topological polar surface area (TPSA) is 215 Å². The van der Waals surface area contributed by atoms with Crippen molar-refractivity contribution < 1.29 is 29.4 Å². The Hall–Kier alpha value is -3.88. The number of H-pyrrole nitrogens is 2. The SMILES string of the molecule is CC(O)C(NC(=O)C(Cc1c[nH]c2ccccc12)NC(=O)C(N)CS)C(=O)NC(Cc1cnc[nH]1)C(=O)O. The molecule has 3 aromatic rings. The number of nitrogens with two attached hydrogens (primary N) is 1. The van der Waals surface area contributed by atoms with E-state index in [0.29, 0.717) is 5.69 Å². The number of hydrogen-bond donors (Lipinski definition) is 9. The molecule has 0 radical (unpaired) electrons. The molecular formula is C24H31N7O6S. The molecule has 0 bridgehead atoms. The molecule has 13 nitrogen and oxygen atoms in total. The zero-order valence-electron chi connectivity index (χ0n) is 20.5. The fourth-order valence-electron chi connectivity index (χ4n) is 3.83. The van der Waals surface area contributed by atoms with Crippen molar-refractivity contribution in [3.8, 4) is 0 Å². The molecular weight excluding hydrogens is 514 g/mol. The number of aliphatic hydroxyl groups excluding tert-OH is 1. The number of para-hydroxylation sites is 1. The summed E-state index contributed by atoms with van der Waals surface area (Å²) in [6, 6.07) is 2.40. The first kappa shape index (κ1) is 28.7. The highest BCUT2D eigenvalue weighted by molar-refractivity contribution is 7.80. The Bertz CT molecular complexity index is 1260. The number of nitrogens with zero attached hydrogens (tertiary/aromatic N) is 1. The third-order valence-electron chi connectivity index (χ3n) is 5.92. The summed E-state index contributed by atoms with van der Waals surface area (Å²) in [5, 5.41) is 28.0. The normalized spacial score (nSPS) is 15.2. The summed E-state index contributed by atoms with van der Waals surface area (Å²) in [7, 11) is 0. The molecule has 5 unspecified atom stereocenters. The summed E-state index contributed by atoms with van der Waals surface area (Å²) in [5.74, 6) is -3.57. The fraction of sp³-hybridized carbons (Fsp3) is 0.375. The molecule has 0 aliphatic heterocycles. The maximum absolute atomic E-state index is 13.3. The van der Waals surface area contributed by atoms with Gasteiger partial charge in [0.25, 0.3) is 0 Å². The molecule has 14 heteroatoms. The van der Waals surface area contributed by atoms with Gasteiger partial charge in [0.2, 0.25) is 17.7 Å². The number of nitrogens with one attached hydrogen (secondary N) is 5. The van der Waals surface area contributed by atoms with Crippen molar-refractivity contribution in [3.63, 3.8) is 0 Å². The molecule has 2 aromatic heterocycles. The summed E-state index contributed by atoms with van der Waals surface area (Å²) >= 11 is 4.02. The molecule has 1 aromatic carbocycles. The summed E-state index contributed by atoms with van der Waals surface area (Å²) in [6.07, 6.45) is 3.07. The van der Waals surface area contributed by atoms with Gasteiger partial charge in [0.05, 0.1) is 18.5 Å². The number of rotatable bonds is 13. The summed E-state index contributed by atoms with van der Waals surface area (Å²) in [4.78, 5) is 60.2. The third-order valence-corrected chi connectivity index (χ3v) is 6.31. The van der Waals surface area contributed by atoms with Crippen molar-refractivity contribution in [3.05, 3.63) is 54.2 Å². The molecule has 9 N–H and O–H groups in total. The van der Waals surface area contributed by atoms with Crippen molar-refractivity contribution in [2.75, 3.05) is 5.75 Å². The van der Waals surface area contributed by atoms with Gasteiger partial charge < -0.3 is 41.9 Å². The fourth-order valence-corrected chi connectivity index (χ4v) is 3.99. The lowest BCUT2D eigenvalue weighted by Gasteiger charge is -2.26. The number of amides is 3. The average molecular weight is 546 g/mol. The predicted molar refractivity (Wildman–Crippen MR) is 141 cm³/mol. The number of thiol groups is 1. The number of hydrogen-bond acceptors (Lipinski definition) is 8. The number of aromatic amines is 2. The second-order valence-electron chi connectivity index (χ2n) is 8.82. The highest BCUT2D eigenvalue weighted by Crippen LogP contribution is 2.19. The van der Waals surface area contributed by atoms with Crippen LogP contribution in [0.3, 0.4) is 0 Å². The van der Waals surface area contributed by atoms with E-state index in [0.717, 1.165) is 16.5 Å². The molecule has 0 aliphatic carbocycles. The molecule has 0 fully saturated rings. The molecule has 0 aliphatic rings. The zero-order chi connectivity index (χ0) is 27.8. The lowest BCUT2D eigenvalue weighted by molar-refractivity contribution is -0.143. The summed E-state index contributed by atoms with van der Waals surface area (Å²) in [5.41, 5.74) is 7.80. The molecule has 204 valence electrons. The Kier molecular flexibility index (Phi) is 9.87. The van der Waals surface area contributed by atoms with Crippen LogP contribution in [0.2, 0.25) is 0 Å². The van der Waals surface area contributed by atoms with Crippen molar-refractivity contribution in [2.45, 2.75) is 50.0 Å². The van der Waals surface area contributed by atoms with Crippen LogP contribution in [-0.2, 0) is 32.0 Å². The van der Waals surface area contributed by atoms with Gasteiger partial charge in [-0.25, -0.2) is 9.78 Å². The van der Waals surface area contributed by atoms with Gasteiger partial charge in [0, 0.05) is 47.6 Å². The Morgan fingerprint density at radius 2 is 1.74 bits per heavy atom. The van der Waals surface area contributed by atoms with Crippen LogP contribution in [0.15, 0.2) is 43.0 Å². The minimum absolute atomic E-state index is 0.0405. The van der Waals surface area contributed by atoms with Crippen molar-refractivity contribution in [2.24, 2.45) is 5.73 Å². The first-order valence-electron chi connectivity index (χ1n) is 11.8. The summed E-state index contributed by atoms with van der Waals surface area (Å²) < 4.78 is 0. The maximum Gasteiger partial charge on any atom is 0.326 e. The van der Waals surface area contributed by atoms with E-state index in [4.69, 9.17) is 5.73 Å². The lowest BCUT2D eigenvalue weighted by atomic mass is 10.0. The minimum atomic E-state index is -1.51. The Labute approximate surface area is 223 Å². The van der Waals surface area contributed by atoms with E-state index >= 15 is 0 Å². The van der Waals surface area contributed by atoms with E-state index in [1.165, 1.54) is 19.4 Å². The average Bonchev–Trinajstić information content (AvgIpc) is 3.55. The highest BCUT2D eigenvalue weighted by atomic mass is 32.1. The van der Waals surface area contributed by atoms with Gasteiger partial charge in [-0.3, -0.25) is 14.4 Å². The number of aliphatic carboxylic acids is 1. The number of fused-ring (bicyclic) bond motifs is 1. The molecule has 5 atom stereocenters. The minimum Gasteiger partial charge on any atom is -0.480 e. The lowest BCUT2D eigenvalue weighted by Crippen LogP contribution is -2.60. The van der Waals surface area contributed by atoms with Gasteiger partial charge in [-0.2, -0.15) is 12.6 Å². The molecule has 2 heterocycles. The molecule has 0 saturated heterocycles. The Morgan fingerprint density at radius 1 is 1.03 bits per heavy atom. The zero-order valence-corrected chi connectivity index (χ0v) is 21.4. The van der Waals surface area contributed by atoms with Gasteiger partial charge in [-0.1, -0.05) is 18.2 Å². The van der Waals surface area contributed by atoms with Gasteiger partial charge in [-0.15, -0.1) is 0 Å². The van der Waals surface area contributed by atoms with Crippen LogP contribution in [0.5, 0.6) is 0 Å². The molecule has 38 heavy (non-hydrogen) atoms. The van der Waals surface area contributed by atoms with Crippen LogP contribution in [0, 0.1) is 0 Å². The number of carboxylic acids is 1. The standard InChI is InChI=1S/C24H31N7O6S/c1-12(32)20(23(35)30-19(24(36)37)7-14-9-26-11-28-14)31-22(34)18(29-21(33)16(25)10-38)6-13-8-27-17-5-3-2-4-15(13)17/h2-5,8-9,11-12,16,18-20,27,32,38H,6-7,10,25H2,1H3,(H,26,28)(H,29,33)(H,30,35)(H,31,34)(H,36,37). The Morgan fingerprint density at radius 3 is 2.37 bits per heavy atom. The van der Waals surface area contributed by atoms with Crippen LogP contribution in [0.1, 0.15) is 18.2 Å². The van der Waals surface area contributed by atoms with Crippen LogP contribution in [0.25, 0.3) is 10.9 Å². The number of aliphatic hydroxyl groups is 1. The number of carbonyl (C=O) groups is 4. The molecule has 3 amide bonds. The quantitative estimate of drug-likeness (QED) is 0.119. The van der Waals surface area contributed by atoms with E-state index < -0.39 is 54.0 Å². The number of carboxylic acid groups (broad SMARTS) is 1.